The molecule has 0 bridgehead atoms. The van der Waals surface area contributed by atoms with Crippen LogP contribution in [0.4, 0.5) is 0 Å². The second-order valence-corrected chi connectivity index (χ2v) is 4.31. The Labute approximate surface area is 101 Å². The number of ether oxygens (including phenoxy) is 2. The van der Waals surface area contributed by atoms with E-state index in [4.69, 9.17) is 14.6 Å². The Kier molecular flexibility index (Phi) is 4.12. The first-order valence-corrected chi connectivity index (χ1v) is 5.82. The van der Waals surface area contributed by atoms with E-state index in [9.17, 15) is 5.11 Å². The lowest BCUT2D eigenvalue weighted by Gasteiger charge is -2.18. The summed E-state index contributed by atoms with van der Waals surface area (Å²) in [6.07, 6.45) is -1.89. The van der Waals surface area contributed by atoms with Crippen LogP contribution in [0.15, 0.2) is 30.3 Å². The minimum atomic E-state index is -0.765. The van der Waals surface area contributed by atoms with E-state index >= 15 is 0 Å². The number of hydrogen-bond acceptors (Lipinski definition) is 4. The Morgan fingerprint density at radius 1 is 1.29 bits per heavy atom. The number of aliphatic hydroxyl groups is 2. The Bertz CT molecular complexity index is 341. The van der Waals surface area contributed by atoms with Crippen molar-refractivity contribution in [3.05, 3.63) is 35.9 Å². The van der Waals surface area contributed by atoms with Crippen molar-refractivity contribution in [2.75, 3.05) is 6.61 Å². The average Bonchev–Trinajstić information content (AvgIpc) is 2.63. The molecule has 1 heterocycles. The van der Waals surface area contributed by atoms with E-state index in [0.29, 0.717) is 6.61 Å². The molecule has 4 atom stereocenters. The number of hydrogen-bond donors (Lipinski definition) is 2. The predicted molar refractivity (Wildman–Crippen MR) is 62.4 cm³/mol. The van der Waals surface area contributed by atoms with Gasteiger partial charge in [0, 0.05) is 0 Å². The van der Waals surface area contributed by atoms with Crippen molar-refractivity contribution in [3.8, 4) is 0 Å². The highest BCUT2D eigenvalue weighted by Gasteiger charge is 2.41. The maximum Gasteiger partial charge on any atom is 0.112 e. The zero-order valence-electron chi connectivity index (χ0n) is 9.82. The SMILES string of the molecule is C[C@H]1OC(CO)[C@H](O)[C@H]1OCc1ccccc1. The van der Waals surface area contributed by atoms with Crippen LogP contribution in [0.5, 0.6) is 0 Å². The minimum absolute atomic E-state index is 0.184. The highest BCUT2D eigenvalue weighted by atomic mass is 16.6. The molecule has 0 saturated carbocycles. The van der Waals surface area contributed by atoms with Gasteiger partial charge < -0.3 is 19.7 Å². The van der Waals surface area contributed by atoms with Gasteiger partial charge in [0.05, 0.1) is 19.3 Å². The van der Waals surface area contributed by atoms with E-state index in [-0.39, 0.29) is 18.8 Å². The minimum Gasteiger partial charge on any atom is -0.394 e. The van der Waals surface area contributed by atoms with Crippen molar-refractivity contribution in [2.45, 2.75) is 37.9 Å². The van der Waals surface area contributed by atoms with Crippen LogP contribution in [0.2, 0.25) is 0 Å². The monoisotopic (exact) mass is 238 g/mol. The maximum absolute atomic E-state index is 9.89. The van der Waals surface area contributed by atoms with E-state index in [1.807, 2.05) is 37.3 Å². The molecular formula is C13H18O4. The molecule has 1 aliphatic rings. The molecule has 2 N–H and O–H groups in total. The summed E-state index contributed by atoms with van der Waals surface area (Å²) >= 11 is 0. The largest absolute Gasteiger partial charge is 0.394 e. The van der Waals surface area contributed by atoms with Gasteiger partial charge in [0.15, 0.2) is 0 Å². The molecule has 4 heteroatoms. The molecule has 1 aliphatic heterocycles. The summed E-state index contributed by atoms with van der Waals surface area (Å²) in [4.78, 5) is 0. The Balaban J connectivity index is 1.91. The summed E-state index contributed by atoms with van der Waals surface area (Å²) in [6, 6.07) is 9.77. The highest BCUT2D eigenvalue weighted by Crippen LogP contribution is 2.24. The van der Waals surface area contributed by atoms with Crippen LogP contribution in [0.1, 0.15) is 12.5 Å². The molecule has 0 radical (unpaired) electrons. The summed E-state index contributed by atoms with van der Waals surface area (Å²) in [7, 11) is 0. The van der Waals surface area contributed by atoms with E-state index < -0.39 is 12.2 Å². The molecule has 0 spiro atoms. The van der Waals surface area contributed by atoms with Crippen molar-refractivity contribution in [2.24, 2.45) is 0 Å². The quantitative estimate of drug-likeness (QED) is 0.811. The molecule has 0 aliphatic carbocycles. The van der Waals surface area contributed by atoms with Gasteiger partial charge in [0.1, 0.15) is 18.3 Å². The van der Waals surface area contributed by atoms with Crippen molar-refractivity contribution >= 4 is 0 Å². The standard InChI is InChI=1S/C13H18O4/c1-9-13(12(15)11(7-14)17-9)16-8-10-5-3-2-4-6-10/h2-6,9,11-15H,7-8H2,1H3/t9-,11?,12+,13+/m1/s1. The van der Waals surface area contributed by atoms with Gasteiger partial charge in [0.25, 0.3) is 0 Å². The smallest absolute Gasteiger partial charge is 0.112 e. The molecule has 0 amide bonds. The second kappa shape index (κ2) is 5.60. The third kappa shape index (κ3) is 2.84. The average molecular weight is 238 g/mol. The van der Waals surface area contributed by atoms with E-state index in [2.05, 4.69) is 0 Å². The summed E-state index contributed by atoms with van der Waals surface area (Å²) in [5.74, 6) is 0. The van der Waals surface area contributed by atoms with Crippen molar-refractivity contribution < 1.29 is 19.7 Å². The highest BCUT2D eigenvalue weighted by molar-refractivity contribution is 5.13. The van der Waals surface area contributed by atoms with E-state index in [0.717, 1.165) is 5.56 Å². The summed E-state index contributed by atoms with van der Waals surface area (Å²) < 4.78 is 11.1. The summed E-state index contributed by atoms with van der Waals surface area (Å²) in [5.41, 5.74) is 1.05. The number of rotatable bonds is 4. The lowest BCUT2D eigenvalue weighted by molar-refractivity contribution is -0.0414. The van der Waals surface area contributed by atoms with Gasteiger partial charge in [-0.25, -0.2) is 0 Å². The van der Waals surface area contributed by atoms with Gasteiger partial charge in [-0.1, -0.05) is 30.3 Å². The molecule has 1 aromatic carbocycles. The molecule has 1 unspecified atom stereocenters. The molecule has 94 valence electrons. The molecule has 17 heavy (non-hydrogen) atoms. The molecular weight excluding hydrogens is 220 g/mol. The maximum atomic E-state index is 9.89. The third-order valence-electron chi connectivity index (χ3n) is 3.03. The molecule has 1 fully saturated rings. The van der Waals surface area contributed by atoms with Gasteiger partial charge in [-0.2, -0.15) is 0 Å². The molecule has 1 saturated heterocycles. The van der Waals surface area contributed by atoms with Gasteiger partial charge in [-0.3, -0.25) is 0 Å². The zero-order chi connectivity index (χ0) is 12.3. The first-order valence-electron chi connectivity index (χ1n) is 5.82. The van der Waals surface area contributed by atoms with Crippen LogP contribution in [0, 0.1) is 0 Å². The number of aliphatic hydroxyl groups excluding tert-OH is 2. The topological polar surface area (TPSA) is 58.9 Å². The molecule has 2 rings (SSSR count). The van der Waals surface area contributed by atoms with Crippen LogP contribution in [-0.4, -0.2) is 41.2 Å². The predicted octanol–water partition coefficient (Wildman–Crippen LogP) is 0.712. The lowest BCUT2D eigenvalue weighted by Crippen LogP contribution is -2.35. The van der Waals surface area contributed by atoms with Crippen LogP contribution in [0.3, 0.4) is 0 Å². The number of benzene rings is 1. The van der Waals surface area contributed by atoms with Crippen LogP contribution in [-0.2, 0) is 16.1 Å². The third-order valence-corrected chi connectivity index (χ3v) is 3.03. The molecule has 0 aromatic heterocycles. The normalized spacial score (nSPS) is 32.9. The molecule has 1 aromatic rings. The van der Waals surface area contributed by atoms with Crippen molar-refractivity contribution in [1.29, 1.82) is 0 Å². The summed E-state index contributed by atoms with van der Waals surface area (Å²) in [5, 5.41) is 18.9. The van der Waals surface area contributed by atoms with E-state index in [1.165, 1.54) is 0 Å². The Hall–Kier alpha value is -0.940. The second-order valence-electron chi connectivity index (χ2n) is 4.31. The van der Waals surface area contributed by atoms with Crippen molar-refractivity contribution in [3.63, 3.8) is 0 Å². The Morgan fingerprint density at radius 2 is 2.00 bits per heavy atom. The van der Waals surface area contributed by atoms with Gasteiger partial charge in [0.2, 0.25) is 0 Å². The van der Waals surface area contributed by atoms with Crippen LogP contribution < -0.4 is 0 Å². The van der Waals surface area contributed by atoms with E-state index in [1.54, 1.807) is 0 Å². The fourth-order valence-electron chi connectivity index (χ4n) is 2.07. The first kappa shape index (κ1) is 12.5. The van der Waals surface area contributed by atoms with Crippen LogP contribution in [0.25, 0.3) is 0 Å². The van der Waals surface area contributed by atoms with Gasteiger partial charge >= 0.3 is 0 Å². The van der Waals surface area contributed by atoms with Gasteiger partial charge in [-0.15, -0.1) is 0 Å². The van der Waals surface area contributed by atoms with Gasteiger partial charge in [-0.05, 0) is 12.5 Å². The fourth-order valence-corrected chi connectivity index (χ4v) is 2.07. The zero-order valence-corrected chi connectivity index (χ0v) is 9.82. The lowest BCUT2D eigenvalue weighted by atomic mass is 10.1. The fraction of sp³-hybridized carbons (Fsp3) is 0.538. The Morgan fingerprint density at radius 3 is 2.59 bits per heavy atom. The summed E-state index contributed by atoms with van der Waals surface area (Å²) in [6.45, 7) is 2.10. The van der Waals surface area contributed by atoms with Crippen LogP contribution >= 0.6 is 0 Å². The van der Waals surface area contributed by atoms with Crippen molar-refractivity contribution in [1.82, 2.24) is 0 Å². The molecule has 4 nitrogen and oxygen atoms in total. The first-order chi connectivity index (χ1) is 8.22.